The van der Waals surface area contributed by atoms with Gasteiger partial charge in [0.1, 0.15) is 6.10 Å². The first-order chi connectivity index (χ1) is 10.5. The smallest absolute Gasteiger partial charge is 0.320 e. The van der Waals surface area contributed by atoms with Gasteiger partial charge < -0.3 is 4.74 Å². The SMILES string of the molecule is O=C(CN1CCSCC1)OC1CC2CC1C1COS(=O)(=O)C21. The molecule has 4 fully saturated rings. The van der Waals surface area contributed by atoms with Crippen molar-refractivity contribution in [2.75, 3.05) is 37.7 Å². The van der Waals surface area contributed by atoms with E-state index >= 15 is 0 Å². The first-order valence-electron chi connectivity index (χ1n) is 7.92. The largest absolute Gasteiger partial charge is 0.461 e. The maximum Gasteiger partial charge on any atom is 0.320 e. The zero-order chi connectivity index (χ0) is 15.3. The molecule has 2 saturated heterocycles. The van der Waals surface area contributed by atoms with Gasteiger partial charge in [0, 0.05) is 36.4 Å². The topological polar surface area (TPSA) is 72.9 Å². The van der Waals surface area contributed by atoms with Gasteiger partial charge in [0.25, 0.3) is 10.1 Å². The molecule has 5 atom stereocenters. The molecule has 0 radical (unpaired) electrons. The highest BCUT2D eigenvalue weighted by Crippen LogP contribution is 2.55. The summed E-state index contributed by atoms with van der Waals surface area (Å²) in [4.78, 5) is 14.3. The Bertz CT molecular complexity index is 560. The van der Waals surface area contributed by atoms with Crippen molar-refractivity contribution in [1.82, 2.24) is 4.90 Å². The zero-order valence-corrected chi connectivity index (χ0v) is 14.0. The quantitative estimate of drug-likeness (QED) is 0.538. The maximum atomic E-state index is 12.1. The van der Waals surface area contributed by atoms with Crippen molar-refractivity contribution in [3.8, 4) is 0 Å². The summed E-state index contributed by atoms with van der Waals surface area (Å²) in [5, 5.41) is -0.355. The molecule has 6 nitrogen and oxygen atoms in total. The number of carbonyl (C=O) groups is 1. The summed E-state index contributed by atoms with van der Waals surface area (Å²) >= 11 is 1.91. The van der Waals surface area contributed by atoms with Gasteiger partial charge >= 0.3 is 5.97 Å². The molecule has 0 aromatic heterocycles. The zero-order valence-electron chi connectivity index (χ0n) is 12.3. The molecule has 2 aliphatic carbocycles. The van der Waals surface area contributed by atoms with E-state index < -0.39 is 10.1 Å². The van der Waals surface area contributed by atoms with Gasteiger partial charge in [-0.05, 0) is 18.8 Å². The first-order valence-corrected chi connectivity index (χ1v) is 10.5. The minimum absolute atomic E-state index is 0.0212. The first kappa shape index (κ1) is 15.2. The highest BCUT2D eigenvalue weighted by atomic mass is 32.2. The van der Waals surface area contributed by atoms with Crippen LogP contribution in [0.25, 0.3) is 0 Å². The van der Waals surface area contributed by atoms with Crippen molar-refractivity contribution in [3.05, 3.63) is 0 Å². The Labute approximate surface area is 135 Å². The highest BCUT2D eigenvalue weighted by Gasteiger charge is 2.62. The Morgan fingerprint density at radius 1 is 1.23 bits per heavy atom. The van der Waals surface area contributed by atoms with Gasteiger partial charge in [-0.1, -0.05) is 0 Å². The van der Waals surface area contributed by atoms with Crippen LogP contribution in [-0.4, -0.2) is 68.4 Å². The molecule has 0 amide bonds. The lowest BCUT2D eigenvalue weighted by atomic mass is 9.87. The molecular formula is C14H21NO5S2. The number of hydrogen-bond donors (Lipinski definition) is 0. The van der Waals surface area contributed by atoms with Gasteiger partial charge in [0.05, 0.1) is 18.4 Å². The number of esters is 1. The predicted molar refractivity (Wildman–Crippen MR) is 82.0 cm³/mol. The Morgan fingerprint density at radius 3 is 2.77 bits per heavy atom. The molecular weight excluding hydrogens is 326 g/mol. The highest BCUT2D eigenvalue weighted by molar-refractivity contribution is 7.99. The summed E-state index contributed by atoms with van der Waals surface area (Å²) in [5.74, 6) is 2.26. The molecule has 0 aromatic carbocycles. The number of ether oxygens (including phenoxy) is 1. The molecule has 0 N–H and O–H groups in total. The predicted octanol–water partition coefficient (Wildman–Crippen LogP) is 0.332. The van der Waals surface area contributed by atoms with E-state index in [-0.39, 0.29) is 41.7 Å². The molecule has 2 bridgehead atoms. The summed E-state index contributed by atoms with van der Waals surface area (Å²) in [6, 6.07) is 0. The van der Waals surface area contributed by atoms with Crippen LogP contribution in [0.3, 0.4) is 0 Å². The lowest BCUT2D eigenvalue weighted by Crippen LogP contribution is -2.41. The van der Waals surface area contributed by atoms with Gasteiger partial charge in [-0.2, -0.15) is 20.2 Å². The van der Waals surface area contributed by atoms with Crippen LogP contribution in [0, 0.1) is 17.8 Å². The lowest BCUT2D eigenvalue weighted by molar-refractivity contribution is -0.153. The van der Waals surface area contributed by atoms with Crippen LogP contribution in [-0.2, 0) is 23.8 Å². The van der Waals surface area contributed by atoms with Crippen LogP contribution in [0.2, 0.25) is 0 Å². The molecule has 22 heavy (non-hydrogen) atoms. The molecule has 8 heteroatoms. The average molecular weight is 347 g/mol. The number of hydrogen-bond acceptors (Lipinski definition) is 7. The third kappa shape index (κ3) is 2.57. The van der Waals surface area contributed by atoms with Crippen LogP contribution in [0.5, 0.6) is 0 Å². The van der Waals surface area contributed by atoms with E-state index in [2.05, 4.69) is 4.90 Å². The van der Waals surface area contributed by atoms with E-state index in [1.54, 1.807) is 0 Å². The van der Waals surface area contributed by atoms with Crippen molar-refractivity contribution in [3.63, 3.8) is 0 Å². The second kappa shape index (κ2) is 5.65. The van der Waals surface area contributed by atoms with E-state index in [1.165, 1.54) is 0 Å². The fraction of sp³-hybridized carbons (Fsp3) is 0.929. The van der Waals surface area contributed by atoms with Crippen LogP contribution < -0.4 is 0 Å². The Kier molecular flexibility index (Phi) is 3.91. The molecule has 2 heterocycles. The Morgan fingerprint density at radius 2 is 2.00 bits per heavy atom. The Balaban J connectivity index is 1.35. The molecule has 0 spiro atoms. The van der Waals surface area contributed by atoms with Crippen LogP contribution in [0.1, 0.15) is 12.8 Å². The fourth-order valence-electron chi connectivity index (χ4n) is 4.59. The van der Waals surface area contributed by atoms with Gasteiger partial charge in [0.2, 0.25) is 0 Å². The summed E-state index contributed by atoms with van der Waals surface area (Å²) < 4.78 is 34.4. The normalized spacial score (nSPS) is 43.2. The summed E-state index contributed by atoms with van der Waals surface area (Å²) in [7, 11) is -3.38. The van der Waals surface area contributed by atoms with E-state index in [1.807, 2.05) is 11.8 Å². The molecule has 124 valence electrons. The summed E-state index contributed by atoms with van der Waals surface area (Å²) in [5.41, 5.74) is 0. The second-order valence-corrected chi connectivity index (χ2v) is 9.71. The van der Waals surface area contributed by atoms with Crippen molar-refractivity contribution >= 4 is 27.8 Å². The summed E-state index contributed by atoms with van der Waals surface area (Å²) in [6.07, 6.45) is 1.42. The maximum absolute atomic E-state index is 12.1. The van der Waals surface area contributed by atoms with Crippen molar-refractivity contribution in [2.24, 2.45) is 17.8 Å². The van der Waals surface area contributed by atoms with Crippen molar-refractivity contribution < 1.29 is 22.1 Å². The fourth-order valence-corrected chi connectivity index (χ4v) is 7.47. The molecule has 2 saturated carbocycles. The summed E-state index contributed by atoms with van der Waals surface area (Å²) in [6.45, 7) is 2.50. The molecule has 4 aliphatic rings. The van der Waals surface area contributed by atoms with Gasteiger partial charge in [0.15, 0.2) is 0 Å². The lowest BCUT2D eigenvalue weighted by Gasteiger charge is -2.30. The Hall–Kier alpha value is -0.310. The third-order valence-corrected chi connectivity index (χ3v) is 8.33. The minimum atomic E-state index is -3.38. The number of fused-ring (bicyclic) bond motifs is 5. The number of rotatable bonds is 3. The minimum Gasteiger partial charge on any atom is -0.461 e. The van der Waals surface area contributed by atoms with Crippen LogP contribution >= 0.6 is 11.8 Å². The molecule has 0 aromatic rings. The molecule has 5 unspecified atom stereocenters. The van der Waals surface area contributed by atoms with E-state index in [0.717, 1.165) is 31.0 Å². The second-order valence-electron chi connectivity index (χ2n) is 6.72. The van der Waals surface area contributed by atoms with E-state index in [4.69, 9.17) is 8.92 Å². The van der Waals surface area contributed by atoms with Gasteiger partial charge in [-0.15, -0.1) is 0 Å². The number of carbonyl (C=O) groups excluding carboxylic acids is 1. The van der Waals surface area contributed by atoms with Crippen molar-refractivity contribution in [1.29, 1.82) is 0 Å². The van der Waals surface area contributed by atoms with Crippen LogP contribution in [0.4, 0.5) is 0 Å². The van der Waals surface area contributed by atoms with E-state index in [0.29, 0.717) is 13.0 Å². The standard InChI is InChI=1S/C14H21NO5S2/c16-13(7-15-1-3-21-4-2-15)20-12-6-9-5-10(12)11-8-19-22(17,18)14(9)11/h9-12,14H,1-8H2. The number of thioether (sulfide) groups is 1. The van der Waals surface area contributed by atoms with E-state index in [9.17, 15) is 13.2 Å². The molecule has 2 aliphatic heterocycles. The third-order valence-electron chi connectivity index (χ3n) is 5.52. The monoisotopic (exact) mass is 347 g/mol. The van der Waals surface area contributed by atoms with Crippen molar-refractivity contribution in [2.45, 2.75) is 24.2 Å². The average Bonchev–Trinajstić information content (AvgIpc) is 3.12. The molecule has 4 rings (SSSR count). The number of nitrogens with zero attached hydrogens (tertiary/aromatic N) is 1. The van der Waals surface area contributed by atoms with Gasteiger partial charge in [-0.3, -0.25) is 13.9 Å². The van der Waals surface area contributed by atoms with Crippen LogP contribution in [0.15, 0.2) is 0 Å². The van der Waals surface area contributed by atoms with Gasteiger partial charge in [-0.25, -0.2) is 0 Å².